The Morgan fingerprint density at radius 1 is 1.14 bits per heavy atom. The summed E-state index contributed by atoms with van der Waals surface area (Å²) in [5, 5.41) is 0.461. The molecule has 74 valence electrons. The number of rotatable bonds is 3. The van der Waals surface area contributed by atoms with Crippen LogP contribution >= 0.6 is 11.6 Å². The number of ketones is 2. The summed E-state index contributed by atoms with van der Waals surface area (Å²) in [4.78, 5) is 22.5. The molecule has 0 spiro atoms. The van der Waals surface area contributed by atoms with Crippen molar-refractivity contribution < 1.29 is 9.59 Å². The first-order valence-electron chi connectivity index (χ1n) is 4.29. The zero-order valence-corrected chi connectivity index (χ0v) is 8.84. The largest absolute Gasteiger partial charge is 0.299 e. The first-order chi connectivity index (χ1) is 6.54. The van der Waals surface area contributed by atoms with Gasteiger partial charge in [-0.1, -0.05) is 29.8 Å². The summed E-state index contributed by atoms with van der Waals surface area (Å²) in [6.45, 7) is 2.80. The summed E-state index contributed by atoms with van der Waals surface area (Å²) in [7, 11) is 0. The van der Waals surface area contributed by atoms with Gasteiger partial charge in [0.25, 0.3) is 0 Å². The van der Waals surface area contributed by atoms with Gasteiger partial charge in [-0.05, 0) is 25.5 Å². The number of carbonyl (C=O) groups is 2. The molecule has 2 nitrogen and oxygen atoms in total. The minimum absolute atomic E-state index is 0.175. The Kier molecular flexibility index (Phi) is 3.42. The van der Waals surface area contributed by atoms with Crippen molar-refractivity contribution in [1.82, 2.24) is 0 Å². The molecule has 0 unspecified atom stereocenters. The molecule has 0 aromatic heterocycles. The van der Waals surface area contributed by atoms with Crippen molar-refractivity contribution in [1.29, 1.82) is 0 Å². The van der Waals surface area contributed by atoms with Gasteiger partial charge in [0, 0.05) is 5.02 Å². The van der Waals surface area contributed by atoms with Gasteiger partial charge in [-0.15, -0.1) is 0 Å². The van der Waals surface area contributed by atoms with E-state index in [9.17, 15) is 9.59 Å². The summed E-state index contributed by atoms with van der Waals surface area (Å²) in [5.41, 5.74) is 0.592. The third kappa shape index (κ3) is 2.20. The quantitative estimate of drug-likeness (QED) is 0.719. The van der Waals surface area contributed by atoms with Crippen LogP contribution in [0.15, 0.2) is 24.3 Å². The lowest BCUT2D eigenvalue weighted by atomic mass is 9.92. The zero-order valence-electron chi connectivity index (χ0n) is 8.08. The highest BCUT2D eigenvalue weighted by Crippen LogP contribution is 2.25. The molecule has 0 saturated carbocycles. The maximum absolute atomic E-state index is 11.3. The van der Waals surface area contributed by atoms with E-state index < -0.39 is 5.92 Å². The van der Waals surface area contributed by atoms with Crippen molar-refractivity contribution in [2.24, 2.45) is 0 Å². The smallest absolute Gasteiger partial charge is 0.144 e. The van der Waals surface area contributed by atoms with Gasteiger partial charge in [0.1, 0.15) is 17.5 Å². The molecule has 1 aromatic carbocycles. The van der Waals surface area contributed by atoms with Crippen LogP contribution < -0.4 is 0 Å². The van der Waals surface area contributed by atoms with E-state index in [1.165, 1.54) is 13.8 Å². The van der Waals surface area contributed by atoms with Gasteiger partial charge in [-0.2, -0.15) is 0 Å². The first kappa shape index (κ1) is 10.9. The monoisotopic (exact) mass is 210 g/mol. The number of hydrogen-bond acceptors (Lipinski definition) is 2. The molecule has 0 amide bonds. The van der Waals surface area contributed by atoms with Crippen LogP contribution in [0.1, 0.15) is 25.3 Å². The van der Waals surface area contributed by atoms with E-state index >= 15 is 0 Å². The molecule has 0 radical (unpaired) electrons. The molecular formula is C11H11ClO2. The molecule has 0 aliphatic carbocycles. The number of carbonyl (C=O) groups excluding carboxylic acids is 2. The summed E-state index contributed by atoms with van der Waals surface area (Å²) in [6, 6.07) is 6.91. The van der Waals surface area contributed by atoms with E-state index in [0.29, 0.717) is 10.6 Å². The highest BCUT2D eigenvalue weighted by molar-refractivity contribution is 6.32. The fourth-order valence-electron chi connectivity index (χ4n) is 1.43. The van der Waals surface area contributed by atoms with E-state index in [0.717, 1.165) is 0 Å². The second-order valence-corrected chi connectivity index (χ2v) is 3.58. The molecule has 1 aromatic rings. The van der Waals surface area contributed by atoms with Crippen molar-refractivity contribution in [3.63, 3.8) is 0 Å². The molecular weight excluding hydrogens is 200 g/mol. The summed E-state index contributed by atoms with van der Waals surface area (Å²) < 4.78 is 0. The maximum atomic E-state index is 11.3. The van der Waals surface area contributed by atoms with Gasteiger partial charge in [0.2, 0.25) is 0 Å². The molecule has 0 aliphatic rings. The summed E-state index contributed by atoms with van der Waals surface area (Å²) in [6.07, 6.45) is 0. The Morgan fingerprint density at radius 3 is 2.07 bits per heavy atom. The molecule has 1 rings (SSSR count). The Morgan fingerprint density at radius 2 is 1.64 bits per heavy atom. The third-order valence-corrected chi connectivity index (χ3v) is 2.37. The highest BCUT2D eigenvalue weighted by atomic mass is 35.5. The van der Waals surface area contributed by atoms with Crippen LogP contribution in [0.2, 0.25) is 5.02 Å². The number of Topliss-reactive ketones (excluding diaryl/α,β-unsaturated/α-hetero) is 2. The van der Waals surface area contributed by atoms with Crippen LogP contribution in [0.3, 0.4) is 0 Å². The van der Waals surface area contributed by atoms with Crippen LogP contribution in [0, 0.1) is 0 Å². The second kappa shape index (κ2) is 4.38. The fraction of sp³-hybridized carbons (Fsp3) is 0.273. The number of hydrogen-bond donors (Lipinski definition) is 0. The zero-order chi connectivity index (χ0) is 10.7. The van der Waals surface area contributed by atoms with E-state index in [2.05, 4.69) is 0 Å². The van der Waals surface area contributed by atoms with E-state index in [1.807, 2.05) is 0 Å². The van der Waals surface area contributed by atoms with Crippen molar-refractivity contribution in [2.75, 3.05) is 0 Å². The number of benzene rings is 1. The first-order valence-corrected chi connectivity index (χ1v) is 4.67. The van der Waals surface area contributed by atoms with Crippen molar-refractivity contribution >= 4 is 23.2 Å². The minimum Gasteiger partial charge on any atom is -0.299 e. The molecule has 3 heteroatoms. The van der Waals surface area contributed by atoms with Crippen molar-refractivity contribution in [3.05, 3.63) is 34.9 Å². The molecule has 0 bridgehead atoms. The van der Waals surface area contributed by atoms with Gasteiger partial charge >= 0.3 is 0 Å². The lowest BCUT2D eigenvalue weighted by Gasteiger charge is -2.11. The van der Waals surface area contributed by atoms with Crippen molar-refractivity contribution in [3.8, 4) is 0 Å². The molecule has 0 atom stereocenters. The molecule has 0 aliphatic heterocycles. The average molecular weight is 211 g/mol. The Balaban J connectivity index is 3.18. The van der Waals surface area contributed by atoms with Crippen LogP contribution in [0.25, 0.3) is 0 Å². The van der Waals surface area contributed by atoms with Gasteiger partial charge in [-0.3, -0.25) is 9.59 Å². The van der Waals surface area contributed by atoms with Crippen LogP contribution in [0.4, 0.5) is 0 Å². The summed E-state index contributed by atoms with van der Waals surface area (Å²) in [5.74, 6) is -1.07. The Labute approximate surface area is 87.9 Å². The average Bonchev–Trinajstić information content (AvgIpc) is 2.07. The van der Waals surface area contributed by atoms with Gasteiger partial charge < -0.3 is 0 Å². The number of halogens is 1. The molecule has 0 saturated heterocycles. The predicted octanol–water partition coefficient (Wildman–Crippen LogP) is 2.60. The minimum atomic E-state index is -0.719. The van der Waals surface area contributed by atoms with Gasteiger partial charge in [0.15, 0.2) is 0 Å². The molecule has 0 fully saturated rings. The highest BCUT2D eigenvalue weighted by Gasteiger charge is 2.23. The Hall–Kier alpha value is -1.15. The van der Waals surface area contributed by atoms with E-state index in [4.69, 9.17) is 11.6 Å². The van der Waals surface area contributed by atoms with Crippen LogP contribution in [0.5, 0.6) is 0 Å². The molecule has 14 heavy (non-hydrogen) atoms. The van der Waals surface area contributed by atoms with Gasteiger partial charge in [0.05, 0.1) is 0 Å². The lowest BCUT2D eigenvalue weighted by Crippen LogP contribution is -2.17. The standard InChI is InChI=1S/C11H11ClO2/c1-7(13)11(8(2)14)9-5-3-4-6-10(9)12/h3-6,11H,1-2H3. The third-order valence-electron chi connectivity index (χ3n) is 2.03. The maximum Gasteiger partial charge on any atom is 0.144 e. The fourth-order valence-corrected chi connectivity index (χ4v) is 1.68. The lowest BCUT2D eigenvalue weighted by molar-refractivity contribution is -0.126. The van der Waals surface area contributed by atoms with Crippen molar-refractivity contribution in [2.45, 2.75) is 19.8 Å². The van der Waals surface area contributed by atoms with Gasteiger partial charge in [-0.25, -0.2) is 0 Å². The topological polar surface area (TPSA) is 34.1 Å². The van der Waals surface area contributed by atoms with E-state index in [1.54, 1.807) is 24.3 Å². The SMILES string of the molecule is CC(=O)C(C(C)=O)c1ccccc1Cl. The van der Waals surface area contributed by atoms with E-state index in [-0.39, 0.29) is 11.6 Å². The summed E-state index contributed by atoms with van der Waals surface area (Å²) >= 11 is 5.90. The Bertz CT molecular complexity index is 357. The second-order valence-electron chi connectivity index (χ2n) is 3.18. The van der Waals surface area contributed by atoms with Crippen LogP contribution in [-0.2, 0) is 9.59 Å². The normalized spacial score (nSPS) is 10.3. The predicted molar refractivity (Wildman–Crippen MR) is 55.6 cm³/mol. The molecule has 0 heterocycles. The van der Waals surface area contributed by atoms with Crippen LogP contribution in [-0.4, -0.2) is 11.6 Å². The molecule has 0 N–H and O–H groups in total.